The average Bonchev–Trinajstić information content (AvgIpc) is 2.35. The van der Waals surface area contributed by atoms with E-state index in [2.05, 4.69) is 16.6 Å². The minimum absolute atomic E-state index is 0.693. The molecule has 0 radical (unpaired) electrons. The van der Waals surface area contributed by atoms with Crippen LogP contribution in [0.4, 0.5) is 0 Å². The van der Waals surface area contributed by atoms with Gasteiger partial charge in [-0.2, -0.15) is 0 Å². The highest BCUT2D eigenvalue weighted by Gasteiger charge is 2.22. The summed E-state index contributed by atoms with van der Waals surface area (Å²) < 4.78 is 4.27. The molecule has 0 heterocycles. The molecular weight excluding hydrogens is 208 g/mol. The monoisotopic (exact) mass is 220 g/mol. The quantitative estimate of drug-likeness (QED) is 0.541. The van der Waals surface area contributed by atoms with Crippen molar-refractivity contribution < 1.29 is 19.7 Å². The fraction of sp³-hybridized carbons (Fsp3) is 0.250. The fourth-order valence-corrected chi connectivity index (χ4v) is 1.01. The molecule has 4 heteroatoms. The summed E-state index contributed by atoms with van der Waals surface area (Å²) in [5.74, 6) is 4.10. The van der Waals surface area contributed by atoms with Gasteiger partial charge >= 0.3 is 5.97 Å². The maximum absolute atomic E-state index is 10.9. The Morgan fingerprint density at radius 2 is 1.94 bits per heavy atom. The molecule has 1 aromatic rings. The number of esters is 1. The lowest BCUT2D eigenvalue weighted by molar-refractivity contribution is -0.154. The number of ether oxygens (including phenoxy) is 1. The van der Waals surface area contributed by atoms with Crippen molar-refractivity contribution in [3.63, 3.8) is 0 Å². The van der Waals surface area contributed by atoms with Gasteiger partial charge in [-0.25, -0.2) is 4.79 Å². The second-order valence-corrected chi connectivity index (χ2v) is 3.05. The molecule has 0 aliphatic heterocycles. The van der Waals surface area contributed by atoms with E-state index in [1.165, 1.54) is 0 Å². The first-order chi connectivity index (χ1) is 7.65. The van der Waals surface area contributed by atoms with Crippen LogP contribution in [0.15, 0.2) is 30.3 Å². The summed E-state index contributed by atoms with van der Waals surface area (Å²) in [6.07, 6.45) is -3.09. The van der Waals surface area contributed by atoms with Gasteiger partial charge in [0.1, 0.15) is 0 Å². The molecule has 0 bridgehead atoms. The van der Waals surface area contributed by atoms with Crippen LogP contribution in [0.2, 0.25) is 0 Å². The van der Waals surface area contributed by atoms with Crippen LogP contribution < -0.4 is 0 Å². The molecule has 0 unspecified atom stereocenters. The number of methoxy groups -OCH3 is 1. The molecule has 0 amide bonds. The first-order valence-corrected chi connectivity index (χ1v) is 4.65. The second kappa shape index (κ2) is 5.91. The second-order valence-electron chi connectivity index (χ2n) is 3.05. The lowest BCUT2D eigenvalue weighted by Crippen LogP contribution is -2.33. The molecule has 0 saturated heterocycles. The molecule has 0 aromatic heterocycles. The number of hydrogen-bond acceptors (Lipinski definition) is 4. The van der Waals surface area contributed by atoms with E-state index >= 15 is 0 Å². The number of carbonyl (C=O) groups excluding carboxylic acids is 1. The molecule has 1 aromatic carbocycles. The zero-order valence-electron chi connectivity index (χ0n) is 8.75. The van der Waals surface area contributed by atoms with Gasteiger partial charge in [-0.15, -0.1) is 0 Å². The van der Waals surface area contributed by atoms with Gasteiger partial charge in [0.05, 0.1) is 7.11 Å². The Morgan fingerprint density at radius 3 is 2.50 bits per heavy atom. The molecule has 0 fully saturated rings. The standard InChI is InChI=1S/C12H12O4/c1-16-12(15)11(14)10(13)8-7-9-5-3-2-4-6-9/h2-6,10-11,13-14H,1H3/t10-,11+/m0/s1. The Balaban J connectivity index is 2.68. The Bertz CT molecular complexity index is 402. The minimum atomic E-state index is -1.64. The summed E-state index contributed by atoms with van der Waals surface area (Å²) in [6.45, 7) is 0. The van der Waals surface area contributed by atoms with Crippen LogP contribution in [0, 0.1) is 11.8 Å². The largest absolute Gasteiger partial charge is 0.467 e. The number of hydrogen-bond donors (Lipinski definition) is 2. The molecule has 4 nitrogen and oxygen atoms in total. The maximum Gasteiger partial charge on any atom is 0.338 e. The number of aliphatic hydroxyl groups is 2. The minimum Gasteiger partial charge on any atom is -0.467 e. The van der Waals surface area contributed by atoms with Gasteiger partial charge in [-0.1, -0.05) is 30.0 Å². The Labute approximate surface area is 93.5 Å². The fourth-order valence-electron chi connectivity index (χ4n) is 1.01. The third-order valence-electron chi connectivity index (χ3n) is 1.88. The Kier molecular flexibility index (Phi) is 4.52. The van der Waals surface area contributed by atoms with Crippen molar-refractivity contribution in [1.29, 1.82) is 0 Å². The zero-order chi connectivity index (χ0) is 12.0. The highest BCUT2D eigenvalue weighted by atomic mass is 16.5. The van der Waals surface area contributed by atoms with E-state index < -0.39 is 18.2 Å². The van der Waals surface area contributed by atoms with E-state index in [0.29, 0.717) is 5.56 Å². The van der Waals surface area contributed by atoms with E-state index in [1.807, 2.05) is 6.07 Å². The first kappa shape index (κ1) is 12.2. The van der Waals surface area contributed by atoms with Crippen LogP contribution >= 0.6 is 0 Å². The smallest absolute Gasteiger partial charge is 0.338 e. The predicted molar refractivity (Wildman–Crippen MR) is 57.3 cm³/mol. The third-order valence-corrected chi connectivity index (χ3v) is 1.88. The van der Waals surface area contributed by atoms with Gasteiger partial charge < -0.3 is 14.9 Å². The van der Waals surface area contributed by atoms with Crippen molar-refractivity contribution in [2.24, 2.45) is 0 Å². The van der Waals surface area contributed by atoms with Gasteiger partial charge in [-0.3, -0.25) is 0 Å². The molecule has 1 rings (SSSR count). The van der Waals surface area contributed by atoms with Crippen molar-refractivity contribution in [2.75, 3.05) is 7.11 Å². The molecule has 84 valence electrons. The van der Waals surface area contributed by atoms with Gasteiger partial charge in [-0.05, 0) is 12.1 Å². The predicted octanol–water partition coefficient (Wildman–Crippen LogP) is -0.0671. The van der Waals surface area contributed by atoms with Gasteiger partial charge in [0, 0.05) is 5.56 Å². The summed E-state index contributed by atoms with van der Waals surface area (Å²) in [5, 5.41) is 18.6. The molecular formula is C12H12O4. The average molecular weight is 220 g/mol. The normalized spacial score (nSPS) is 13.2. The van der Waals surface area contributed by atoms with E-state index in [0.717, 1.165) is 7.11 Å². The maximum atomic E-state index is 10.9. The van der Waals surface area contributed by atoms with Gasteiger partial charge in [0.2, 0.25) is 0 Å². The van der Waals surface area contributed by atoms with Crippen LogP contribution in [0.3, 0.4) is 0 Å². The molecule has 2 atom stereocenters. The Morgan fingerprint density at radius 1 is 1.31 bits per heavy atom. The van der Waals surface area contributed by atoms with Crippen molar-refractivity contribution in [3.8, 4) is 11.8 Å². The topological polar surface area (TPSA) is 66.8 Å². The van der Waals surface area contributed by atoms with Gasteiger partial charge in [0.25, 0.3) is 0 Å². The third kappa shape index (κ3) is 3.39. The van der Waals surface area contributed by atoms with E-state index in [4.69, 9.17) is 0 Å². The van der Waals surface area contributed by atoms with Crippen LogP contribution in [0.1, 0.15) is 5.56 Å². The summed E-state index contributed by atoms with van der Waals surface area (Å²) in [5.41, 5.74) is 0.693. The SMILES string of the molecule is COC(=O)[C@H](O)[C@@H](O)C#Cc1ccccc1. The van der Waals surface area contributed by atoms with Crippen LogP contribution in [-0.2, 0) is 9.53 Å². The van der Waals surface area contributed by atoms with Crippen LogP contribution in [0.5, 0.6) is 0 Å². The van der Waals surface area contributed by atoms with Crippen molar-refractivity contribution in [2.45, 2.75) is 12.2 Å². The molecule has 16 heavy (non-hydrogen) atoms. The lowest BCUT2D eigenvalue weighted by Gasteiger charge is -2.09. The summed E-state index contributed by atoms with van der Waals surface area (Å²) in [6, 6.07) is 8.94. The number of aliphatic hydroxyl groups excluding tert-OH is 2. The lowest BCUT2D eigenvalue weighted by atomic mass is 10.2. The number of carbonyl (C=O) groups is 1. The first-order valence-electron chi connectivity index (χ1n) is 4.65. The zero-order valence-corrected chi connectivity index (χ0v) is 8.75. The summed E-state index contributed by atoms with van der Waals surface area (Å²) >= 11 is 0. The molecule has 0 saturated carbocycles. The molecule has 2 N–H and O–H groups in total. The van der Waals surface area contributed by atoms with Crippen molar-refractivity contribution >= 4 is 5.97 Å². The van der Waals surface area contributed by atoms with E-state index in [-0.39, 0.29) is 0 Å². The molecule has 0 aliphatic rings. The Hall–Kier alpha value is -1.83. The summed E-state index contributed by atoms with van der Waals surface area (Å²) in [7, 11) is 1.13. The summed E-state index contributed by atoms with van der Waals surface area (Å²) in [4.78, 5) is 10.9. The van der Waals surface area contributed by atoms with Crippen LogP contribution in [-0.4, -0.2) is 35.5 Å². The molecule has 0 spiro atoms. The van der Waals surface area contributed by atoms with E-state index in [1.54, 1.807) is 24.3 Å². The van der Waals surface area contributed by atoms with E-state index in [9.17, 15) is 15.0 Å². The number of benzene rings is 1. The highest BCUT2D eigenvalue weighted by Crippen LogP contribution is 1.98. The van der Waals surface area contributed by atoms with Crippen molar-refractivity contribution in [1.82, 2.24) is 0 Å². The van der Waals surface area contributed by atoms with Gasteiger partial charge in [0.15, 0.2) is 12.2 Å². The van der Waals surface area contributed by atoms with Crippen LogP contribution in [0.25, 0.3) is 0 Å². The number of rotatable bonds is 2. The highest BCUT2D eigenvalue weighted by molar-refractivity contribution is 5.75. The molecule has 0 aliphatic carbocycles. The van der Waals surface area contributed by atoms with Crippen molar-refractivity contribution in [3.05, 3.63) is 35.9 Å².